The molecule has 0 radical (unpaired) electrons. The number of hydrogen-bond donors (Lipinski definition) is 1. The van der Waals surface area contributed by atoms with Gasteiger partial charge in [-0.05, 0) is 31.0 Å². The summed E-state index contributed by atoms with van der Waals surface area (Å²) in [4.78, 5) is 22.4. The first-order valence-corrected chi connectivity index (χ1v) is 10.9. The number of carbonyl (C=O) groups excluding carboxylic acids is 1. The molecule has 1 aromatic carbocycles. The molecule has 0 unspecified atom stereocenters. The van der Waals surface area contributed by atoms with Crippen LogP contribution in [0.5, 0.6) is 5.75 Å². The molecule has 1 N–H and O–H groups in total. The van der Waals surface area contributed by atoms with E-state index >= 15 is 0 Å². The third kappa shape index (κ3) is 4.94. The molecule has 2 heterocycles. The van der Waals surface area contributed by atoms with E-state index < -0.39 is 14.9 Å². The van der Waals surface area contributed by atoms with E-state index in [4.69, 9.17) is 4.74 Å². The number of benzene rings is 1. The van der Waals surface area contributed by atoms with E-state index in [1.165, 1.54) is 34.4 Å². The fourth-order valence-corrected chi connectivity index (χ4v) is 4.91. The Labute approximate surface area is 173 Å². The zero-order chi connectivity index (χ0) is 21.7. The maximum atomic E-state index is 13.0. The normalized spacial score (nSPS) is 15.0. The van der Waals surface area contributed by atoms with Crippen LogP contribution < -0.4 is 10.1 Å². The van der Waals surface area contributed by atoms with Crippen molar-refractivity contribution in [1.29, 1.82) is 0 Å². The first-order valence-electron chi connectivity index (χ1n) is 9.46. The van der Waals surface area contributed by atoms with Crippen molar-refractivity contribution in [3.05, 3.63) is 40.7 Å². The lowest BCUT2D eigenvalue weighted by molar-refractivity contribution is -0.385. The summed E-state index contributed by atoms with van der Waals surface area (Å²) in [5.74, 6) is -0.165. The minimum absolute atomic E-state index is 0.00685. The number of nitrogens with zero attached hydrogens (tertiary/aromatic N) is 4. The Bertz CT molecular complexity index is 1030. The van der Waals surface area contributed by atoms with Gasteiger partial charge in [0.25, 0.3) is 0 Å². The van der Waals surface area contributed by atoms with Crippen LogP contribution in [0.3, 0.4) is 0 Å². The summed E-state index contributed by atoms with van der Waals surface area (Å²) in [6.07, 6.45) is 4.98. The Hall–Kier alpha value is -2.99. The highest BCUT2D eigenvalue weighted by Crippen LogP contribution is 2.31. The van der Waals surface area contributed by atoms with Crippen molar-refractivity contribution in [2.75, 3.05) is 25.5 Å². The van der Waals surface area contributed by atoms with Gasteiger partial charge in [0.05, 0.1) is 12.0 Å². The fraction of sp³-hybridized carbons (Fsp3) is 0.444. The minimum atomic E-state index is -3.74. The van der Waals surface area contributed by atoms with Crippen molar-refractivity contribution in [3.8, 4) is 5.75 Å². The van der Waals surface area contributed by atoms with Crippen molar-refractivity contribution >= 4 is 27.3 Å². The maximum absolute atomic E-state index is 13.0. The number of hydrogen-bond acceptors (Lipinski definition) is 7. The Morgan fingerprint density at radius 2 is 2.03 bits per heavy atom. The molecule has 1 saturated heterocycles. The standard InChI is InChI=1S/C18H23N5O6S/c1-29-16-6-5-14(11-17(16)30(27,28)22-8-3-2-4-9-22)20-18(24)7-10-21-13-15(12-19-21)23(25)26/h5-6,11-13H,2-4,7-10H2,1H3,(H,20,24). The van der Waals surface area contributed by atoms with Gasteiger partial charge in [-0.3, -0.25) is 19.6 Å². The molecular formula is C18H23N5O6S. The first-order chi connectivity index (χ1) is 14.3. The molecule has 0 spiro atoms. The molecule has 0 aliphatic carbocycles. The summed E-state index contributed by atoms with van der Waals surface area (Å²) in [5.41, 5.74) is 0.168. The number of nitrogens with one attached hydrogen (secondary N) is 1. The van der Waals surface area contributed by atoms with Crippen molar-refractivity contribution in [2.45, 2.75) is 37.1 Å². The summed E-state index contributed by atoms with van der Waals surface area (Å²) >= 11 is 0. The maximum Gasteiger partial charge on any atom is 0.306 e. The third-order valence-corrected chi connectivity index (χ3v) is 6.70. The Kier molecular flexibility index (Phi) is 6.67. The molecule has 1 aliphatic heterocycles. The largest absolute Gasteiger partial charge is 0.495 e. The van der Waals surface area contributed by atoms with Gasteiger partial charge in [0, 0.05) is 31.7 Å². The topological polar surface area (TPSA) is 137 Å². The predicted octanol–water partition coefficient (Wildman–Crippen LogP) is 2.00. The SMILES string of the molecule is COc1ccc(NC(=O)CCn2cc([N+](=O)[O-])cn2)cc1S(=O)(=O)N1CCCCC1. The van der Waals surface area contributed by atoms with E-state index in [1.54, 1.807) is 6.07 Å². The number of anilines is 1. The molecule has 1 fully saturated rings. The lowest BCUT2D eigenvalue weighted by atomic mass is 10.2. The van der Waals surface area contributed by atoms with Gasteiger partial charge in [0.15, 0.2) is 0 Å². The van der Waals surface area contributed by atoms with Crippen LogP contribution in [0.4, 0.5) is 11.4 Å². The van der Waals surface area contributed by atoms with Gasteiger partial charge in [-0.15, -0.1) is 0 Å². The number of aromatic nitrogens is 2. The molecule has 1 aromatic heterocycles. The summed E-state index contributed by atoms with van der Waals surface area (Å²) in [6.45, 7) is 1.06. The van der Waals surface area contributed by atoms with Crippen LogP contribution >= 0.6 is 0 Å². The van der Waals surface area contributed by atoms with Gasteiger partial charge in [0.1, 0.15) is 23.0 Å². The lowest BCUT2D eigenvalue weighted by Gasteiger charge is -2.26. The molecule has 30 heavy (non-hydrogen) atoms. The number of rotatable bonds is 8. The van der Waals surface area contributed by atoms with Crippen LogP contribution in [0.2, 0.25) is 0 Å². The highest BCUT2D eigenvalue weighted by molar-refractivity contribution is 7.89. The molecule has 0 atom stereocenters. The third-order valence-electron chi connectivity index (χ3n) is 4.78. The molecule has 1 amide bonds. The van der Waals surface area contributed by atoms with E-state index in [9.17, 15) is 23.3 Å². The first kappa shape index (κ1) is 21.7. The van der Waals surface area contributed by atoms with Crippen molar-refractivity contribution in [1.82, 2.24) is 14.1 Å². The monoisotopic (exact) mass is 437 g/mol. The molecule has 12 heteroatoms. The number of carbonyl (C=O) groups is 1. The quantitative estimate of drug-likeness (QED) is 0.492. The number of amides is 1. The molecule has 3 rings (SSSR count). The fourth-order valence-electron chi connectivity index (χ4n) is 3.21. The smallest absolute Gasteiger partial charge is 0.306 e. The van der Waals surface area contributed by atoms with E-state index in [-0.39, 0.29) is 35.2 Å². The number of ether oxygens (including phenoxy) is 1. The number of sulfonamides is 1. The van der Waals surface area contributed by atoms with Crippen LogP contribution in [-0.2, 0) is 21.4 Å². The average molecular weight is 437 g/mol. The van der Waals surface area contributed by atoms with Gasteiger partial charge in [-0.1, -0.05) is 6.42 Å². The summed E-state index contributed by atoms with van der Waals surface area (Å²) in [5, 5.41) is 17.2. The van der Waals surface area contributed by atoms with E-state index in [0.717, 1.165) is 25.5 Å². The van der Waals surface area contributed by atoms with Gasteiger partial charge in [-0.2, -0.15) is 9.40 Å². The zero-order valence-electron chi connectivity index (χ0n) is 16.5. The van der Waals surface area contributed by atoms with Crippen molar-refractivity contribution in [2.24, 2.45) is 0 Å². The van der Waals surface area contributed by atoms with Crippen molar-refractivity contribution < 1.29 is 22.9 Å². The van der Waals surface area contributed by atoms with E-state index in [1.807, 2.05) is 0 Å². The molecule has 0 saturated carbocycles. The minimum Gasteiger partial charge on any atom is -0.495 e. The van der Waals surface area contributed by atoms with Crippen LogP contribution in [0.1, 0.15) is 25.7 Å². The van der Waals surface area contributed by atoms with Gasteiger partial charge < -0.3 is 10.1 Å². The van der Waals surface area contributed by atoms with E-state index in [2.05, 4.69) is 10.4 Å². The van der Waals surface area contributed by atoms with Crippen LogP contribution in [-0.4, -0.2) is 53.5 Å². The zero-order valence-corrected chi connectivity index (χ0v) is 17.3. The summed E-state index contributed by atoms with van der Waals surface area (Å²) in [6, 6.07) is 4.45. The van der Waals surface area contributed by atoms with Crippen LogP contribution in [0.15, 0.2) is 35.5 Å². The second-order valence-electron chi connectivity index (χ2n) is 6.85. The number of aryl methyl sites for hydroxylation is 1. The molecule has 162 valence electrons. The number of piperidine rings is 1. The molecule has 1 aliphatic rings. The second kappa shape index (κ2) is 9.22. The average Bonchev–Trinajstić information content (AvgIpc) is 3.22. The summed E-state index contributed by atoms with van der Waals surface area (Å²) < 4.78 is 34.0. The Morgan fingerprint density at radius 3 is 2.67 bits per heavy atom. The van der Waals surface area contributed by atoms with Crippen molar-refractivity contribution in [3.63, 3.8) is 0 Å². The molecular weight excluding hydrogens is 414 g/mol. The van der Waals surface area contributed by atoms with Crippen LogP contribution in [0.25, 0.3) is 0 Å². The molecule has 0 bridgehead atoms. The Morgan fingerprint density at radius 1 is 1.30 bits per heavy atom. The van der Waals surface area contributed by atoms with Gasteiger partial charge in [-0.25, -0.2) is 8.42 Å². The summed E-state index contributed by atoms with van der Waals surface area (Å²) in [7, 11) is -2.35. The molecule has 11 nitrogen and oxygen atoms in total. The highest BCUT2D eigenvalue weighted by atomic mass is 32.2. The van der Waals surface area contributed by atoms with Crippen LogP contribution in [0, 0.1) is 10.1 Å². The predicted molar refractivity (Wildman–Crippen MR) is 108 cm³/mol. The Balaban J connectivity index is 1.70. The highest BCUT2D eigenvalue weighted by Gasteiger charge is 2.29. The lowest BCUT2D eigenvalue weighted by Crippen LogP contribution is -2.35. The number of nitro groups is 1. The number of methoxy groups -OCH3 is 1. The van der Waals surface area contributed by atoms with E-state index in [0.29, 0.717) is 18.8 Å². The second-order valence-corrected chi connectivity index (χ2v) is 8.75. The molecule has 2 aromatic rings. The van der Waals surface area contributed by atoms with Gasteiger partial charge in [0.2, 0.25) is 15.9 Å². The van der Waals surface area contributed by atoms with Gasteiger partial charge >= 0.3 is 5.69 Å².